The highest BCUT2D eigenvalue weighted by atomic mass is 32.2. The van der Waals surface area contributed by atoms with Crippen LogP contribution in [0.4, 0.5) is 8.78 Å². The molecule has 0 bridgehead atoms. The lowest BCUT2D eigenvalue weighted by Crippen LogP contribution is -2.49. The number of benzene rings is 3. The van der Waals surface area contributed by atoms with E-state index in [9.17, 15) is 12.6 Å². The molecule has 0 spiro atoms. The summed E-state index contributed by atoms with van der Waals surface area (Å²) in [7, 11) is -8.65. The van der Waals surface area contributed by atoms with E-state index in [-0.39, 0.29) is 16.0 Å². The van der Waals surface area contributed by atoms with E-state index in [0.717, 1.165) is 12.1 Å². The number of sulfone groups is 1. The molecule has 168 valence electrons. The molecule has 0 saturated carbocycles. The highest BCUT2D eigenvalue weighted by Crippen LogP contribution is 2.58. The predicted octanol–water partition coefficient (Wildman–Crippen LogP) is 5.64. The predicted molar refractivity (Wildman–Crippen MR) is 121 cm³/mol. The van der Waals surface area contributed by atoms with Crippen molar-refractivity contribution in [2.24, 2.45) is 4.36 Å². The van der Waals surface area contributed by atoms with Gasteiger partial charge in [-0.2, -0.15) is 8.78 Å². The van der Waals surface area contributed by atoms with Gasteiger partial charge in [-0.15, -0.1) is 0 Å². The topological polar surface area (TPSA) is 63.6 Å². The molecule has 0 aliphatic carbocycles. The second-order valence-electron chi connectivity index (χ2n) is 8.64. The average molecular weight is 476 g/mol. The third-order valence-corrected chi connectivity index (χ3v) is 10.7. The molecule has 3 aromatic carbocycles. The summed E-state index contributed by atoms with van der Waals surface area (Å²) in [6.07, 6.45) is 0. The molecule has 8 heteroatoms. The molecule has 3 aromatic rings. The quantitative estimate of drug-likeness (QED) is 0.491. The standard InChI is InChI=1S/C24H23F2NO3S2/c1-22(2,3)31(28)21-17-11-10-16-20(21)23(27-31,18-12-6-4-7-13-18)24(25,26)32(29,30)19-14-8-5-9-15-19/h4-17H,1-3H3/t23-,31-/m1/s1. The molecule has 1 aliphatic heterocycles. The molecule has 4 rings (SSSR count). The molecule has 0 N–H and O–H groups in total. The number of nitrogens with zero attached hydrogens (tertiary/aromatic N) is 1. The lowest BCUT2D eigenvalue weighted by molar-refractivity contribution is 0.0255. The zero-order valence-corrected chi connectivity index (χ0v) is 19.5. The average Bonchev–Trinajstić information content (AvgIpc) is 3.07. The van der Waals surface area contributed by atoms with E-state index in [1.165, 1.54) is 54.6 Å². The third-order valence-electron chi connectivity index (χ3n) is 5.67. The van der Waals surface area contributed by atoms with Crippen LogP contribution in [0.3, 0.4) is 0 Å². The van der Waals surface area contributed by atoms with Crippen LogP contribution in [0.5, 0.6) is 0 Å². The Morgan fingerprint density at radius 2 is 1.31 bits per heavy atom. The van der Waals surface area contributed by atoms with Crippen molar-refractivity contribution in [3.63, 3.8) is 0 Å². The Bertz CT molecular complexity index is 1390. The van der Waals surface area contributed by atoms with Gasteiger partial charge in [0, 0.05) is 5.56 Å². The summed E-state index contributed by atoms with van der Waals surface area (Å²) in [5, 5.41) is -4.43. The molecule has 0 fully saturated rings. The van der Waals surface area contributed by atoms with Crippen LogP contribution in [0.25, 0.3) is 0 Å². The van der Waals surface area contributed by atoms with Gasteiger partial charge < -0.3 is 0 Å². The van der Waals surface area contributed by atoms with Crippen molar-refractivity contribution in [1.29, 1.82) is 0 Å². The largest absolute Gasteiger partial charge is 0.383 e. The zero-order valence-electron chi connectivity index (χ0n) is 17.8. The van der Waals surface area contributed by atoms with Crippen LogP contribution in [0.15, 0.2) is 99.1 Å². The number of fused-ring (bicyclic) bond motifs is 1. The fourth-order valence-corrected chi connectivity index (χ4v) is 8.02. The number of alkyl halides is 2. The van der Waals surface area contributed by atoms with Crippen molar-refractivity contribution in [1.82, 2.24) is 0 Å². The summed E-state index contributed by atoms with van der Waals surface area (Å²) in [5.41, 5.74) is -2.77. The Kier molecular flexibility index (Phi) is 5.10. The lowest BCUT2D eigenvalue weighted by atomic mass is 9.84. The Labute approximate surface area is 187 Å². The molecule has 0 unspecified atom stereocenters. The Morgan fingerprint density at radius 3 is 1.88 bits per heavy atom. The molecular formula is C24H23F2NO3S2. The van der Waals surface area contributed by atoms with Gasteiger partial charge >= 0.3 is 5.25 Å². The summed E-state index contributed by atoms with van der Waals surface area (Å²) in [6, 6.07) is 20.1. The van der Waals surface area contributed by atoms with Crippen LogP contribution in [0, 0.1) is 0 Å². The molecule has 0 radical (unpaired) electrons. The van der Waals surface area contributed by atoms with Gasteiger partial charge in [0.05, 0.1) is 24.3 Å². The van der Waals surface area contributed by atoms with Crippen LogP contribution in [0.1, 0.15) is 31.9 Å². The first-order chi connectivity index (χ1) is 14.9. The van der Waals surface area contributed by atoms with Crippen molar-refractivity contribution in [3.8, 4) is 0 Å². The minimum atomic E-state index is -5.22. The maximum Gasteiger partial charge on any atom is 0.383 e. The van der Waals surface area contributed by atoms with Crippen molar-refractivity contribution in [2.75, 3.05) is 0 Å². The smallest absolute Gasteiger partial charge is 0.244 e. The van der Waals surface area contributed by atoms with E-state index in [2.05, 4.69) is 4.36 Å². The summed E-state index contributed by atoms with van der Waals surface area (Å²) < 4.78 is 77.4. The Balaban J connectivity index is 2.19. The summed E-state index contributed by atoms with van der Waals surface area (Å²) in [5.74, 6) is 0. The molecule has 0 saturated heterocycles. The minimum absolute atomic E-state index is 0.0357. The van der Waals surface area contributed by atoms with Gasteiger partial charge in [0.15, 0.2) is 0 Å². The van der Waals surface area contributed by atoms with Crippen LogP contribution in [-0.4, -0.2) is 22.6 Å². The number of halogens is 2. The molecule has 1 heterocycles. The van der Waals surface area contributed by atoms with E-state index in [1.54, 1.807) is 39.0 Å². The van der Waals surface area contributed by atoms with Gasteiger partial charge in [-0.05, 0) is 44.5 Å². The monoisotopic (exact) mass is 475 g/mol. The lowest BCUT2D eigenvalue weighted by Gasteiger charge is -2.35. The van der Waals surface area contributed by atoms with Crippen LogP contribution < -0.4 is 0 Å². The van der Waals surface area contributed by atoms with Crippen LogP contribution in [0.2, 0.25) is 0 Å². The van der Waals surface area contributed by atoms with Gasteiger partial charge in [-0.1, -0.05) is 66.7 Å². The van der Waals surface area contributed by atoms with E-state index in [1.807, 2.05) is 0 Å². The van der Waals surface area contributed by atoms with Crippen molar-refractivity contribution >= 4 is 19.6 Å². The van der Waals surface area contributed by atoms with E-state index in [4.69, 9.17) is 0 Å². The summed E-state index contributed by atoms with van der Waals surface area (Å²) in [4.78, 5) is -0.388. The number of hydrogen-bond acceptors (Lipinski definition) is 4. The van der Waals surface area contributed by atoms with E-state index < -0.39 is 40.0 Å². The second kappa shape index (κ2) is 7.22. The molecule has 0 amide bonds. The number of rotatable bonds is 4. The third kappa shape index (κ3) is 2.89. The molecule has 32 heavy (non-hydrogen) atoms. The summed E-state index contributed by atoms with van der Waals surface area (Å²) in [6.45, 7) is 4.96. The number of hydrogen-bond donors (Lipinski definition) is 0. The molecule has 2 atom stereocenters. The normalized spacial score (nSPS) is 23.4. The first kappa shape index (κ1) is 22.6. The first-order valence-corrected chi connectivity index (χ1v) is 13.0. The van der Waals surface area contributed by atoms with Gasteiger partial charge in [0.2, 0.25) is 15.4 Å². The van der Waals surface area contributed by atoms with Crippen molar-refractivity contribution < 1.29 is 21.4 Å². The Morgan fingerprint density at radius 1 is 0.812 bits per heavy atom. The van der Waals surface area contributed by atoms with Gasteiger partial charge in [0.25, 0.3) is 0 Å². The SMILES string of the molecule is CC(C)(C)[S@@]1(=O)=N[C@@](c2ccccc2)(C(F)(F)S(=O)(=O)c2ccccc2)c2ccccc21. The van der Waals surface area contributed by atoms with Gasteiger partial charge in [-0.3, -0.25) is 0 Å². The van der Waals surface area contributed by atoms with Crippen molar-refractivity contribution in [3.05, 3.63) is 96.1 Å². The Hall–Kier alpha value is -2.58. The highest BCUT2D eigenvalue weighted by molar-refractivity contribution is 7.95. The molecule has 4 nitrogen and oxygen atoms in total. The van der Waals surface area contributed by atoms with Gasteiger partial charge in [-0.25, -0.2) is 17.0 Å². The fraction of sp³-hybridized carbons (Fsp3) is 0.250. The zero-order chi connectivity index (χ0) is 23.4. The minimum Gasteiger partial charge on any atom is -0.244 e. The van der Waals surface area contributed by atoms with E-state index >= 15 is 8.78 Å². The maximum absolute atomic E-state index is 16.5. The second-order valence-corrected chi connectivity index (χ2v) is 13.5. The molecular weight excluding hydrogens is 452 g/mol. The molecule has 0 aromatic heterocycles. The fourth-order valence-electron chi connectivity index (χ4n) is 3.97. The molecule has 1 aliphatic rings. The van der Waals surface area contributed by atoms with Gasteiger partial charge in [0.1, 0.15) is 0 Å². The van der Waals surface area contributed by atoms with Crippen LogP contribution >= 0.6 is 0 Å². The van der Waals surface area contributed by atoms with Crippen molar-refractivity contribution in [2.45, 2.75) is 46.1 Å². The van der Waals surface area contributed by atoms with Crippen LogP contribution in [-0.2, 0) is 25.1 Å². The maximum atomic E-state index is 16.5. The highest BCUT2D eigenvalue weighted by Gasteiger charge is 2.69. The first-order valence-electron chi connectivity index (χ1n) is 10.00. The summed E-state index contributed by atoms with van der Waals surface area (Å²) >= 11 is 0. The van der Waals surface area contributed by atoms with E-state index in [0.29, 0.717) is 0 Å².